The molecule has 0 N–H and O–H groups in total. The molecule has 0 radical (unpaired) electrons. The van der Waals surface area contributed by atoms with Crippen LogP contribution in [0, 0.1) is 11.3 Å². The van der Waals surface area contributed by atoms with E-state index in [9.17, 15) is 0 Å². The lowest BCUT2D eigenvalue weighted by atomic mass is 10.0. The number of piperidine rings is 1. The summed E-state index contributed by atoms with van der Waals surface area (Å²) >= 11 is 0. The van der Waals surface area contributed by atoms with E-state index in [0.29, 0.717) is 6.42 Å². The van der Waals surface area contributed by atoms with Gasteiger partial charge in [-0.2, -0.15) is 5.26 Å². The van der Waals surface area contributed by atoms with Crippen molar-refractivity contribution in [3.8, 4) is 6.07 Å². The smallest absolute Gasteiger partial charge is 0.0621 e. The number of rotatable bonds is 6. The molecule has 1 atom stereocenters. The first-order chi connectivity index (χ1) is 9.79. The standard InChI is InChI=1S/C16H30N4/c1-18-9-6-3-7-16(18)15-20-13-11-19(12-14-20)10-5-2-4-8-17/h16H,2-7,9-15H2,1H3/t16-/m0/s1. The maximum Gasteiger partial charge on any atom is 0.0621 e. The van der Waals surface area contributed by atoms with Gasteiger partial charge >= 0.3 is 0 Å². The van der Waals surface area contributed by atoms with Crippen molar-refractivity contribution in [1.29, 1.82) is 5.26 Å². The lowest BCUT2D eigenvalue weighted by Gasteiger charge is -2.40. The Morgan fingerprint density at radius 3 is 2.45 bits per heavy atom. The third-order valence-electron chi connectivity index (χ3n) is 4.87. The SMILES string of the molecule is CN1CCCC[C@H]1CN1CCN(CCCCC#N)CC1. The minimum atomic E-state index is 0.716. The normalized spacial score (nSPS) is 26.5. The van der Waals surface area contributed by atoms with E-state index < -0.39 is 0 Å². The third-order valence-corrected chi connectivity index (χ3v) is 4.87. The maximum absolute atomic E-state index is 8.54. The number of likely N-dealkylation sites (N-methyl/N-ethyl adjacent to an activating group) is 1. The predicted octanol–water partition coefficient (Wildman–Crippen LogP) is 1.78. The molecule has 0 aromatic carbocycles. The van der Waals surface area contributed by atoms with E-state index in [-0.39, 0.29) is 0 Å². The molecular formula is C16H30N4. The summed E-state index contributed by atoms with van der Waals surface area (Å²) in [5.74, 6) is 0. The number of unbranched alkanes of at least 4 members (excludes halogenated alkanes) is 2. The van der Waals surface area contributed by atoms with Crippen LogP contribution in [0.2, 0.25) is 0 Å². The minimum Gasteiger partial charge on any atom is -0.302 e. The molecule has 2 saturated heterocycles. The topological polar surface area (TPSA) is 33.5 Å². The zero-order valence-corrected chi connectivity index (χ0v) is 13.1. The number of nitrogens with zero attached hydrogens (tertiary/aromatic N) is 4. The quantitative estimate of drug-likeness (QED) is 0.694. The van der Waals surface area contributed by atoms with E-state index in [4.69, 9.17) is 5.26 Å². The molecule has 0 aromatic rings. The van der Waals surface area contributed by atoms with Crippen LogP contribution >= 0.6 is 0 Å². The van der Waals surface area contributed by atoms with Gasteiger partial charge in [0, 0.05) is 45.2 Å². The van der Waals surface area contributed by atoms with Gasteiger partial charge in [0.2, 0.25) is 0 Å². The first-order valence-electron chi connectivity index (χ1n) is 8.31. The van der Waals surface area contributed by atoms with Crippen molar-refractivity contribution in [2.24, 2.45) is 0 Å². The fourth-order valence-electron chi connectivity index (χ4n) is 3.41. The van der Waals surface area contributed by atoms with Gasteiger partial charge in [-0.05, 0) is 45.8 Å². The Morgan fingerprint density at radius 1 is 1.00 bits per heavy atom. The van der Waals surface area contributed by atoms with Gasteiger partial charge in [0.05, 0.1) is 6.07 Å². The molecule has 20 heavy (non-hydrogen) atoms. The van der Waals surface area contributed by atoms with E-state index in [1.807, 2.05) is 0 Å². The van der Waals surface area contributed by atoms with Crippen LogP contribution in [0.25, 0.3) is 0 Å². The fourth-order valence-corrected chi connectivity index (χ4v) is 3.41. The van der Waals surface area contributed by atoms with Crippen molar-refractivity contribution in [1.82, 2.24) is 14.7 Å². The molecule has 2 heterocycles. The monoisotopic (exact) mass is 278 g/mol. The summed E-state index contributed by atoms with van der Waals surface area (Å²) in [4.78, 5) is 7.77. The Bertz CT molecular complexity index is 304. The highest BCUT2D eigenvalue weighted by atomic mass is 15.3. The van der Waals surface area contributed by atoms with Gasteiger partial charge in [0.25, 0.3) is 0 Å². The maximum atomic E-state index is 8.54. The van der Waals surface area contributed by atoms with Gasteiger partial charge < -0.3 is 9.80 Å². The molecule has 0 spiro atoms. The van der Waals surface area contributed by atoms with Crippen LogP contribution in [-0.2, 0) is 0 Å². The van der Waals surface area contributed by atoms with E-state index in [1.54, 1.807) is 0 Å². The Morgan fingerprint density at radius 2 is 1.75 bits per heavy atom. The third kappa shape index (κ3) is 5.05. The van der Waals surface area contributed by atoms with Crippen molar-refractivity contribution in [3.05, 3.63) is 0 Å². The molecule has 2 aliphatic rings. The molecule has 0 aromatic heterocycles. The number of hydrogen-bond acceptors (Lipinski definition) is 4. The average molecular weight is 278 g/mol. The van der Waals surface area contributed by atoms with Gasteiger partial charge in [-0.15, -0.1) is 0 Å². The Hall–Kier alpha value is -0.630. The van der Waals surface area contributed by atoms with Gasteiger partial charge in [-0.3, -0.25) is 4.90 Å². The van der Waals surface area contributed by atoms with Gasteiger partial charge in [-0.1, -0.05) is 6.42 Å². The summed E-state index contributed by atoms with van der Waals surface area (Å²) in [7, 11) is 2.29. The Labute approximate surface area is 124 Å². The van der Waals surface area contributed by atoms with E-state index >= 15 is 0 Å². The van der Waals surface area contributed by atoms with Crippen LogP contribution in [0.5, 0.6) is 0 Å². The van der Waals surface area contributed by atoms with Crippen molar-refractivity contribution >= 4 is 0 Å². The van der Waals surface area contributed by atoms with Crippen molar-refractivity contribution in [2.45, 2.75) is 44.6 Å². The molecule has 2 rings (SSSR count). The van der Waals surface area contributed by atoms with E-state index in [1.165, 1.54) is 71.5 Å². The van der Waals surface area contributed by atoms with E-state index in [0.717, 1.165) is 12.5 Å². The highest BCUT2D eigenvalue weighted by molar-refractivity contribution is 4.81. The molecule has 0 unspecified atom stereocenters. The molecular weight excluding hydrogens is 248 g/mol. The Balaban J connectivity index is 1.60. The van der Waals surface area contributed by atoms with Crippen LogP contribution in [0.15, 0.2) is 0 Å². The molecule has 0 aliphatic carbocycles. The van der Waals surface area contributed by atoms with Crippen LogP contribution in [0.1, 0.15) is 38.5 Å². The summed E-state index contributed by atoms with van der Waals surface area (Å²) in [5, 5.41) is 8.54. The van der Waals surface area contributed by atoms with Crippen molar-refractivity contribution < 1.29 is 0 Å². The number of nitriles is 1. The molecule has 0 bridgehead atoms. The first kappa shape index (κ1) is 15.8. The molecule has 4 nitrogen and oxygen atoms in total. The number of hydrogen-bond donors (Lipinski definition) is 0. The minimum absolute atomic E-state index is 0.716. The molecule has 2 fully saturated rings. The molecule has 0 amide bonds. The van der Waals surface area contributed by atoms with Gasteiger partial charge in [-0.25, -0.2) is 0 Å². The Kier molecular flexibility index (Phi) is 6.78. The van der Waals surface area contributed by atoms with Crippen molar-refractivity contribution in [2.75, 3.05) is 52.9 Å². The molecule has 0 saturated carbocycles. The van der Waals surface area contributed by atoms with Crippen LogP contribution in [-0.4, -0.2) is 73.6 Å². The summed E-state index contributed by atoms with van der Waals surface area (Å²) in [5.41, 5.74) is 0. The summed E-state index contributed by atoms with van der Waals surface area (Å²) in [6, 6.07) is 3.01. The second-order valence-electron chi connectivity index (χ2n) is 6.39. The van der Waals surface area contributed by atoms with Gasteiger partial charge in [0.1, 0.15) is 0 Å². The zero-order valence-electron chi connectivity index (χ0n) is 13.1. The highest BCUT2D eigenvalue weighted by Crippen LogP contribution is 2.16. The highest BCUT2D eigenvalue weighted by Gasteiger charge is 2.23. The second kappa shape index (κ2) is 8.61. The largest absolute Gasteiger partial charge is 0.302 e. The van der Waals surface area contributed by atoms with E-state index in [2.05, 4.69) is 27.8 Å². The zero-order chi connectivity index (χ0) is 14.2. The molecule has 114 valence electrons. The number of likely N-dealkylation sites (tertiary alicyclic amines) is 1. The lowest BCUT2D eigenvalue weighted by molar-refractivity contribution is 0.0839. The summed E-state index contributed by atoms with van der Waals surface area (Å²) in [6.45, 7) is 8.60. The molecule has 4 heteroatoms. The van der Waals surface area contributed by atoms with Crippen LogP contribution < -0.4 is 0 Å². The number of piperazine rings is 1. The fraction of sp³-hybridized carbons (Fsp3) is 0.938. The molecule has 2 aliphatic heterocycles. The second-order valence-corrected chi connectivity index (χ2v) is 6.39. The van der Waals surface area contributed by atoms with Crippen LogP contribution in [0.3, 0.4) is 0 Å². The predicted molar refractivity (Wildman–Crippen MR) is 82.6 cm³/mol. The lowest BCUT2D eigenvalue weighted by Crippen LogP contribution is -2.51. The summed E-state index contributed by atoms with van der Waals surface area (Å²) in [6.07, 6.45) is 7.12. The van der Waals surface area contributed by atoms with Crippen LogP contribution in [0.4, 0.5) is 0 Å². The first-order valence-corrected chi connectivity index (χ1v) is 8.31. The summed E-state index contributed by atoms with van der Waals surface area (Å²) < 4.78 is 0. The van der Waals surface area contributed by atoms with Crippen molar-refractivity contribution in [3.63, 3.8) is 0 Å². The van der Waals surface area contributed by atoms with Gasteiger partial charge in [0.15, 0.2) is 0 Å². The average Bonchev–Trinajstić information content (AvgIpc) is 2.48.